The van der Waals surface area contributed by atoms with Crippen molar-refractivity contribution in [3.63, 3.8) is 0 Å². The number of halogens is 5. The quantitative estimate of drug-likeness (QED) is 0.560. The third-order valence-corrected chi connectivity index (χ3v) is 6.89. The van der Waals surface area contributed by atoms with E-state index in [0.29, 0.717) is 24.7 Å². The summed E-state index contributed by atoms with van der Waals surface area (Å²) >= 11 is 0. The Morgan fingerprint density at radius 2 is 1.65 bits per heavy atom. The van der Waals surface area contributed by atoms with Gasteiger partial charge < -0.3 is 14.6 Å². The molecule has 0 amide bonds. The maximum absolute atomic E-state index is 13.9. The van der Waals surface area contributed by atoms with E-state index in [1.54, 1.807) is 0 Å². The summed E-state index contributed by atoms with van der Waals surface area (Å²) in [5.41, 5.74) is -2.17. The van der Waals surface area contributed by atoms with E-state index in [4.69, 9.17) is 9.47 Å². The lowest BCUT2D eigenvalue weighted by Gasteiger charge is -2.47. The monoisotopic (exact) mass is 485 g/mol. The molecule has 1 N–H and O–H groups in total. The number of piperidine rings is 1. The molecule has 0 bridgehead atoms. The minimum atomic E-state index is -5.42. The first-order valence-electron chi connectivity index (χ1n) is 11.3. The van der Waals surface area contributed by atoms with Crippen molar-refractivity contribution in [2.24, 2.45) is 11.8 Å². The zero-order valence-corrected chi connectivity index (χ0v) is 19.0. The van der Waals surface area contributed by atoms with Crippen molar-refractivity contribution in [2.45, 2.75) is 50.6 Å². The smallest absolute Gasteiger partial charge is 0.423 e. The number of hydrogen-bond acceptors (Lipinski definition) is 4. The van der Waals surface area contributed by atoms with Gasteiger partial charge in [0.2, 0.25) is 5.60 Å². The van der Waals surface area contributed by atoms with Crippen molar-refractivity contribution in [1.82, 2.24) is 4.90 Å². The zero-order valence-electron chi connectivity index (χ0n) is 19.0. The predicted octanol–water partition coefficient (Wildman–Crippen LogP) is 5.61. The summed E-state index contributed by atoms with van der Waals surface area (Å²) < 4.78 is 80.2. The Bertz CT molecular complexity index is 975. The molecule has 0 saturated carbocycles. The van der Waals surface area contributed by atoms with E-state index in [0.717, 1.165) is 11.1 Å². The molecule has 4 nitrogen and oxygen atoms in total. The fourth-order valence-electron chi connectivity index (χ4n) is 5.06. The molecule has 0 spiro atoms. The summed E-state index contributed by atoms with van der Waals surface area (Å²) in [6, 6.07) is 15.1. The Morgan fingerprint density at radius 3 is 2.24 bits per heavy atom. The van der Waals surface area contributed by atoms with Crippen LogP contribution in [0.5, 0.6) is 11.5 Å². The molecule has 186 valence electrons. The van der Waals surface area contributed by atoms with Crippen LogP contribution in [0.2, 0.25) is 0 Å². The maximum Gasteiger partial charge on any atom is 0.423 e. The van der Waals surface area contributed by atoms with E-state index in [1.807, 2.05) is 53.4 Å². The number of para-hydroxylation sites is 2. The molecule has 2 aromatic carbocycles. The summed E-state index contributed by atoms with van der Waals surface area (Å²) in [6.45, 7) is 2.83. The minimum absolute atomic E-state index is 0.140. The molecule has 2 aliphatic heterocycles. The van der Waals surface area contributed by atoms with Crippen LogP contribution in [0.25, 0.3) is 0 Å². The van der Waals surface area contributed by atoms with Gasteiger partial charge in [-0.15, -0.1) is 0 Å². The number of ether oxygens (including phenoxy) is 2. The second-order valence-corrected chi connectivity index (χ2v) is 9.37. The number of hydrogen-bond donors (Lipinski definition) is 1. The first-order valence-corrected chi connectivity index (χ1v) is 11.3. The van der Waals surface area contributed by atoms with Crippen LogP contribution in [0.1, 0.15) is 37.5 Å². The Balaban J connectivity index is 1.39. The topological polar surface area (TPSA) is 41.9 Å². The Labute approximate surface area is 195 Å². The molecule has 2 aromatic rings. The number of alkyl halides is 5. The van der Waals surface area contributed by atoms with Gasteiger partial charge in [0.25, 0.3) is 5.92 Å². The lowest BCUT2D eigenvalue weighted by Crippen LogP contribution is -2.65. The largest absolute Gasteiger partial charge is 0.485 e. The fourth-order valence-corrected chi connectivity index (χ4v) is 5.06. The van der Waals surface area contributed by atoms with Crippen LogP contribution in [0.3, 0.4) is 0 Å². The summed E-state index contributed by atoms with van der Waals surface area (Å²) in [5.74, 6) is -5.27. The Morgan fingerprint density at radius 1 is 1.00 bits per heavy atom. The third-order valence-electron chi connectivity index (χ3n) is 6.89. The summed E-state index contributed by atoms with van der Waals surface area (Å²) in [6.07, 6.45) is -5.85. The highest BCUT2D eigenvalue weighted by Gasteiger charge is 2.71. The second-order valence-electron chi connectivity index (χ2n) is 9.37. The third kappa shape index (κ3) is 4.60. The molecule has 4 unspecified atom stereocenters. The molecule has 2 heterocycles. The molecule has 4 rings (SSSR count). The van der Waals surface area contributed by atoms with Crippen molar-refractivity contribution in [1.29, 1.82) is 0 Å². The number of fused-ring (bicyclic) bond motifs is 1. The van der Waals surface area contributed by atoms with E-state index in [2.05, 4.69) is 0 Å². The molecule has 2 aliphatic rings. The average Bonchev–Trinajstić information content (AvgIpc) is 2.77. The number of aliphatic hydroxyl groups is 1. The van der Waals surface area contributed by atoms with Crippen LogP contribution in [0.15, 0.2) is 48.5 Å². The molecule has 1 saturated heterocycles. The molecule has 9 heteroatoms. The van der Waals surface area contributed by atoms with Gasteiger partial charge in [0.05, 0.1) is 0 Å². The van der Waals surface area contributed by atoms with Crippen LogP contribution in [-0.2, 0) is 6.54 Å². The van der Waals surface area contributed by atoms with Crippen LogP contribution in [0.4, 0.5) is 22.0 Å². The first kappa shape index (κ1) is 24.7. The summed E-state index contributed by atoms with van der Waals surface area (Å²) in [4.78, 5) is 1.93. The fraction of sp³-hybridized carbons (Fsp3) is 0.520. The highest BCUT2D eigenvalue weighted by atomic mass is 19.4. The van der Waals surface area contributed by atoms with Crippen molar-refractivity contribution in [2.75, 3.05) is 19.7 Å². The molecular formula is C25H28F5NO3. The minimum Gasteiger partial charge on any atom is -0.485 e. The van der Waals surface area contributed by atoms with Gasteiger partial charge in [0, 0.05) is 25.9 Å². The van der Waals surface area contributed by atoms with Gasteiger partial charge in [0.1, 0.15) is 6.61 Å². The van der Waals surface area contributed by atoms with E-state index >= 15 is 0 Å². The van der Waals surface area contributed by atoms with Gasteiger partial charge in [-0.1, -0.05) is 43.3 Å². The number of likely N-dealkylation sites (tertiary alicyclic amines) is 1. The average molecular weight is 485 g/mol. The second kappa shape index (κ2) is 9.00. The van der Waals surface area contributed by atoms with Crippen LogP contribution < -0.4 is 9.47 Å². The molecule has 34 heavy (non-hydrogen) atoms. The number of benzene rings is 2. The molecule has 0 aliphatic carbocycles. The number of nitrogens with zero attached hydrogens (tertiary/aromatic N) is 1. The van der Waals surface area contributed by atoms with Crippen molar-refractivity contribution in [3.8, 4) is 11.5 Å². The summed E-state index contributed by atoms with van der Waals surface area (Å²) in [7, 11) is 0. The van der Waals surface area contributed by atoms with Crippen LogP contribution >= 0.6 is 0 Å². The normalized spacial score (nSPS) is 25.6. The zero-order chi connectivity index (χ0) is 24.7. The van der Waals surface area contributed by atoms with Crippen molar-refractivity contribution < 1.29 is 36.5 Å². The van der Waals surface area contributed by atoms with Gasteiger partial charge in [-0.3, -0.25) is 4.90 Å². The van der Waals surface area contributed by atoms with E-state index in [1.165, 1.54) is 6.92 Å². The summed E-state index contributed by atoms with van der Waals surface area (Å²) in [5, 5.41) is 10.2. The first-order chi connectivity index (χ1) is 15.9. The van der Waals surface area contributed by atoms with Crippen molar-refractivity contribution >= 4 is 0 Å². The lowest BCUT2D eigenvalue weighted by molar-refractivity contribution is -0.353. The molecule has 0 aromatic heterocycles. The van der Waals surface area contributed by atoms with Crippen molar-refractivity contribution in [3.05, 3.63) is 59.7 Å². The Hall–Kier alpha value is -2.39. The van der Waals surface area contributed by atoms with E-state index in [-0.39, 0.29) is 32.5 Å². The highest BCUT2D eigenvalue weighted by Crippen LogP contribution is 2.51. The van der Waals surface area contributed by atoms with Crippen LogP contribution in [0, 0.1) is 11.8 Å². The van der Waals surface area contributed by atoms with Gasteiger partial charge >= 0.3 is 6.18 Å². The van der Waals surface area contributed by atoms with Gasteiger partial charge in [-0.2, -0.15) is 13.2 Å². The van der Waals surface area contributed by atoms with Crippen LogP contribution in [-0.4, -0.2) is 47.4 Å². The molecule has 0 radical (unpaired) electrons. The van der Waals surface area contributed by atoms with Gasteiger partial charge in [-0.25, -0.2) is 8.78 Å². The van der Waals surface area contributed by atoms with Gasteiger partial charge in [-0.05, 0) is 42.1 Å². The number of rotatable bonds is 5. The standard InChI is InChI=1S/C25H28F5NO3/c1-16-13-31(12-11-19(16)24(32,23(2,26)27)25(28,29)30)14-17-7-9-18(10-8-17)22-15-33-20-5-3-4-6-21(20)34-22/h3-10,16,19,22,32H,11-15H2,1-2H3. The lowest BCUT2D eigenvalue weighted by atomic mass is 9.71. The molecule has 1 fully saturated rings. The SMILES string of the molecule is CC1CN(Cc2ccc(C3COc4ccccc4O3)cc2)CCC1C(O)(C(C)(F)F)C(F)(F)F. The Kier molecular flexibility index (Phi) is 6.54. The van der Waals surface area contributed by atoms with E-state index < -0.39 is 29.5 Å². The van der Waals surface area contributed by atoms with Gasteiger partial charge in [0.15, 0.2) is 17.6 Å². The molecule has 4 atom stereocenters. The maximum atomic E-state index is 13.9. The molecular weight excluding hydrogens is 457 g/mol. The van der Waals surface area contributed by atoms with E-state index in [9.17, 15) is 27.1 Å². The highest BCUT2D eigenvalue weighted by molar-refractivity contribution is 5.41. The predicted molar refractivity (Wildman–Crippen MR) is 116 cm³/mol.